The van der Waals surface area contributed by atoms with Gasteiger partial charge in [-0.05, 0) is 54.8 Å². The molecule has 138 valence electrons. The SMILES string of the molecule is Cl.NC[C@]1(c2cccc(Cl)c2)CC[C@@H](NS(=O)(=O)c2cccs2)CC1. The van der Waals surface area contributed by atoms with Crippen molar-refractivity contribution in [2.45, 2.75) is 41.3 Å². The molecule has 3 rings (SSSR count). The van der Waals surface area contributed by atoms with Gasteiger partial charge >= 0.3 is 0 Å². The van der Waals surface area contributed by atoms with Crippen molar-refractivity contribution in [3.63, 3.8) is 0 Å². The van der Waals surface area contributed by atoms with E-state index in [0.717, 1.165) is 31.2 Å². The molecule has 1 aliphatic carbocycles. The van der Waals surface area contributed by atoms with Crippen molar-refractivity contribution in [3.8, 4) is 0 Å². The van der Waals surface area contributed by atoms with Crippen LogP contribution in [0.3, 0.4) is 0 Å². The van der Waals surface area contributed by atoms with E-state index in [9.17, 15) is 8.42 Å². The number of nitrogens with two attached hydrogens (primary N) is 1. The molecule has 1 aromatic heterocycles. The zero-order valence-corrected chi connectivity index (χ0v) is 16.9. The molecule has 0 spiro atoms. The van der Waals surface area contributed by atoms with Gasteiger partial charge < -0.3 is 5.73 Å². The summed E-state index contributed by atoms with van der Waals surface area (Å²) in [5.74, 6) is 0. The van der Waals surface area contributed by atoms with Crippen LogP contribution in [-0.4, -0.2) is 21.0 Å². The molecule has 25 heavy (non-hydrogen) atoms. The highest BCUT2D eigenvalue weighted by molar-refractivity contribution is 7.91. The Balaban J connectivity index is 0.00000225. The lowest BCUT2D eigenvalue weighted by atomic mass is 9.68. The van der Waals surface area contributed by atoms with Gasteiger partial charge in [-0.3, -0.25) is 0 Å². The van der Waals surface area contributed by atoms with Crippen molar-refractivity contribution in [2.75, 3.05) is 6.54 Å². The van der Waals surface area contributed by atoms with E-state index in [2.05, 4.69) is 10.8 Å². The summed E-state index contributed by atoms with van der Waals surface area (Å²) < 4.78 is 27.9. The number of hydrogen-bond acceptors (Lipinski definition) is 4. The van der Waals surface area contributed by atoms with Crippen molar-refractivity contribution in [1.29, 1.82) is 0 Å². The monoisotopic (exact) mass is 420 g/mol. The summed E-state index contributed by atoms with van der Waals surface area (Å²) in [5, 5.41) is 2.48. The normalized spacial score (nSPS) is 23.8. The third-order valence-corrected chi connectivity index (χ3v) is 8.01. The third-order valence-electron chi connectivity index (χ3n) is 4.85. The highest BCUT2D eigenvalue weighted by atomic mass is 35.5. The zero-order valence-electron chi connectivity index (χ0n) is 13.7. The molecule has 1 aromatic carbocycles. The first-order valence-corrected chi connectivity index (χ1v) is 10.7. The van der Waals surface area contributed by atoms with Gasteiger partial charge in [0, 0.05) is 23.0 Å². The van der Waals surface area contributed by atoms with Crippen LogP contribution in [-0.2, 0) is 15.4 Å². The summed E-state index contributed by atoms with van der Waals surface area (Å²) in [5.41, 5.74) is 7.12. The van der Waals surface area contributed by atoms with Gasteiger partial charge in [0.15, 0.2) is 0 Å². The second kappa shape index (κ2) is 8.37. The van der Waals surface area contributed by atoms with Gasteiger partial charge in [0.05, 0.1) is 0 Å². The minimum atomic E-state index is -3.42. The molecular formula is C17H22Cl2N2O2S2. The standard InChI is InChI=1S/C17H21ClN2O2S2.ClH/c18-14-4-1-3-13(11-14)17(12-19)8-6-15(7-9-17)20-24(21,22)16-5-2-10-23-16;/h1-5,10-11,15,20H,6-9,12,19H2;1H/t15-,17+;. The molecular weight excluding hydrogens is 399 g/mol. The van der Waals surface area contributed by atoms with E-state index in [-0.39, 0.29) is 23.9 Å². The van der Waals surface area contributed by atoms with E-state index in [4.69, 9.17) is 17.3 Å². The Hall–Kier alpha value is -0.630. The summed E-state index contributed by atoms with van der Waals surface area (Å²) in [6, 6.07) is 11.2. The molecule has 3 N–H and O–H groups in total. The molecule has 4 nitrogen and oxygen atoms in total. The Bertz CT molecular complexity index is 787. The lowest BCUT2D eigenvalue weighted by molar-refractivity contribution is 0.267. The van der Waals surface area contributed by atoms with Crippen molar-refractivity contribution in [2.24, 2.45) is 5.73 Å². The Morgan fingerprint density at radius 3 is 2.52 bits per heavy atom. The zero-order chi connectivity index (χ0) is 17.2. The second-order valence-corrected chi connectivity index (χ2v) is 9.65. The van der Waals surface area contributed by atoms with Crippen LogP contribution < -0.4 is 10.5 Å². The molecule has 1 aliphatic rings. The van der Waals surface area contributed by atoms with Crippen LogP contribution in [0.5, 0.6) is 0 Å². The summed E-state index contributed by atoms with van der Waals surface area (Å²) in [6.45, 7) is 0.539. The Morgan fingerprint density at radius 1 is 1.24 bits per heavy atom. The Kier molecular flexibility index (Phi) is 6.93. The van der Waals surface area contributed by atoms with Gasteiger partial charge in [0.25, 0.3) is 0 Å². The fraction of sp³-hybridized carbons (Fsp3) is 0.412. The average Bonchev–Trinajstić information content (AvgIpc) is 3.11. The van der Waals surface area contributed by atoms with Crippen LogP contribution in [0.1, 0.15) is 31.2 Å². The summed E-state index contributed by atoms with van der Waals surface area (Å²) in [6.07, 6.45) is 3.24. The van der Waals surface area contributed by atoms with Crippen LogP contribution in [0.15, 0.2) is 46.0 Å². The van der Waals surface area contributed by atoms with Crippen molar-refractivity contribution < 1.29 is 8.42 Å². The van der Waals surface area contributed by atoms with Crippen molar-refractivity contribution in [3.05, 3.63) is 52.4 Å². The minimum Gasteiger partial charge on any atom is -0.330 e. The fourth-order valence-corrected chi connectivity index (χ4v) is 5.92. The number of sulfonamides is 1. The molecule has 1 saturated carbocycles. The van der Waals surface area contributed by atoms with Crippen LogP contribution in [0.2, 0.25) is 5.02 Å². The van der Waals surface area contributed by atoms with Gasteiger partial charge in [0.2, 0.25) is 10.0 Å². The van der Waals surface area contributed by atoms with Gasteiger partial charge in [-0.25, -0.2) is 13.1 Å². The molecule has 2 aromatic rings. The molecule has 0 radical (unpaired) electrons. The summed E-state index contributed by atoms with van der Waals surface area (Å²) >= 11 is 7.36. The smallest absolute Gasteiger partial charge is 0.250 e. The van der Waals surface area contributed by atoms with Crippen LogP contribution in [0.25, 0.3) is 0 Å². The predicted molar refractivity (Wildman–Crippen MR) is 106 cm³/mol. The maximum atomic E-state index is 12.4. The Morgan fingerprint density at radius 2 is 1.96 bits per heavy atom. The predicted octanol–water partition coefficient (Wildman–Crippen LogP) is 3.94. The first-order chi connectivity index (χ1) is 11.5. The molecule has 0 amide bonds. The third kappa shape index (κ3) is 4.56. The first kappa shape index (κ1) is 20.7. The van der Waals surface area contributed by atoms with E-state index in [0.29, 0.717) is 15.8 Å². The highest BCUT2D eigenvalue weighted by Crippen LogP contribution is 2.39. The molecule has 1 heterocycles. The molecule has 0 saturated heterocycles. The molecule has 0 unspecified atom stereocenters. The van der Waals surface area contributed by atoms with E-state index in [1.165, 1.54) is 11.3 Å². The van der Waals surface area contributed by atoms with Crippen LogP contribution in [0.4, 0.5) is 0 Å². The number of halogens is 2. The van der Waals surface area contributed by atoms with E-state index in [1.54, 1.807) is 17.5 Å². The maximum Gasteiger partial charge on any atom is 0.250 e. The van der Waals surface area contributed by atoms with E-state index < -0.39 is 10.0 Å². The number of hydrogen-bond donors (Lipinski definition) is 2. The van der Waals surface area contributed by atoms with E-state index in [1.807, 2.05) is 18.2 Å². The highest BCUT2D eigenvalue weighted by Gasteiger charge is 2.37. The number of rotatable bonds is 5. The van der Waals surface area contributed by atoms with Crippen LogP contribution >= 0.6 is 35.3 Å². The van der Waals surface area contributed by atoms with E-state index >= 15 is 0 Å². The molecule has 8 heteroatoms. The lowest BCUT2D eigenvalue weighted by Gasteiger charge is -2.40. The van der Waals surface area contributed by atoms with Gasteiger partial charge in [-0.2, -0.15) is 0 Å². The molecule has 0 aliphatic heterocycles. The molecule has 0 bridgehead atoms. The molecule has 0 atom stereocenters. The van der Waals surface area contributed by atoms with Gasteiger partial charge in [-0.15, -0.1) is 23.7 Å². The number of thiophene rings is 1. The van der Waals surface area contributed by atoms with Crippen LogP contribution in [0, 0.1) is 0 Å². The number of nitrogens with one attached hydrogen (secondary N) is 1. The largest absolute Gasteiger partial charge is 0.330 e. The second-order valence-electron chi connectivity index (χ2n) is 6.32. The maximum absolute atomic E-state index is 12.4. The first-order valence-electron chi connectivity index (χ1n) is 7.97. The van der Waals surface area contributed by atoms with Gasteiger partial charge in [-0.1, -0.05) is 29.8 Å². The minimum absolute atomic E-state index is 0. The number of benzene rings is 1. The average molecular weight is 421 g/mol. The summed E-state index contributed by atoms with van der Waals surface area (Å²) in [4.78, 5) is 0. The quantitative estimate of drug-likeness (QED) is 0.768. The fourth-order valence-electron chi connectivity index (χ4n) is 3.41. The topological polar surface area (TPSA) is 72.2 Å². The van der Waals surface area contributed by atoms with Crippen molar-refractivity contribution in [1.82, 2.24) is 4.72 Å². The van der Waals surface area contributed by atoms with Gasteiger partial charge in [0.1, 0.15) is 4.21 Å². The lowest BCUT2D eigenvalue weighted by Crippen LogP contribution is -2.45. The Labute approximate surface area is 164 Å². The summed E-state index contributed by atoms with van der Waals surface area (Å²) in [7, 11) is -3.42. The molecule has 1 fully saturated rings. The van der Waals surface area contributed by atoms with Crippen molar-refractivity contribution >= 4 is 45.4 Å².